The zero-order valence-corrected chi connectivity index (χ0v) is 15.2. The van der Waals surface area contributed by atoms with E-state index in [0.29, 0.717) is 16.8 Å². The molecule has 0 aliphatic carbocycles. The lowest BCUT2D eigenvalue weighted by Gasteiger charge is -2.07. The van der Waals surface area contributed by atoms with E-state index in [-0.39, 0.29) is 11.3 Å². The molecule has 2 aromatic heterocycles. The van der Waals surface area contributed by atoms with E-state index < -0.39 is 0 Å². The van der Waals surface area contributed by atoms with Crippen LogP contribution in [0.5, 0.6) is 0 Å². The molecule has 5 heteroatoms. The van der Waals surface area contributed by atoms with E-state index >= 15 is 0 Å². The van der Waals surface area contributed by atoms with E-state index in [4.69, 9.17) is 4.52 Å². The Labute approximate surface area is 150 Å². The monoisotopic (exact) mass is 345 g/mol. The van der Waals surface area contributed by atoms with E-state index in [1.807, 2.05) is 61.9 Å². The summed E-state index contributed by atoms with van der Waals surface area (Å²) in [6.45, 7) is 6.07. The molecule has 0 spiro atoms. The van der Waals surface area contributed by atoms with Crippen LogP contribution in [-0.2, 0) is 7.05 Å². The summed E-state index contributed by atoms with van der Waals surface area (Å²) in [4.78, 5) is 17.4. The molecule has 0 saturated heterocycles. The second-order valence-electron chi connectivity index (χ2n) is 6.73. The molecule has 0 saturated carbocycles. The fourth-order valence-electron chi connectivity index (χ4n) is 3.09. The number of hydrogen-bond donors (Lipinski definition) is 0. The number of hydrogen-bond acceptors (Lipinski definition) is 4. The first-order valence-electron chi connectivity index (χ1n) is 8.46. The summed E-state index contributed by atoms with van der Waals surface area (Å²) >= 11 is 0. The third-order valence-electron chi connectivity index (χ3n) is 4.77. The van der Waals surface area contributed by atoms with Crippen LogP contribution in [0.1, 0.15) is 16.7 Å². The van der Waals surface area contributed by atoms with Crippen LogP contribution in [0.25, 0.3) is 33.7 Å². The van der Waals surface area contributed by atoms with Gasteiger partial charge in [-0.3, -0.25) is 4.79 Å². The Kier molecular flexibility index (Phi) is 3.72. The fraction of sp³-hybridized carbons (Fsp3) is 0.190. The minimum Gasteiger partial charge on any atom is -0.350 e. The van der Waals surface area contributed by atoms with Crippen LogP contribution in [0, 0.1) is 20.8 Å². The topological polar surface area (TPSA) is 60.9 Å². The van der Waals surface area contributed by atoms with Crippen molar-refractivity contribution >= 4 is 10.9 Å². The predicted molar refractivity (Wildman–Crippen MR) is 102 cm³/mol. The minimum absolute atomic E-state index is 0.0999. The van der Waals surface area contributed by atoms with E-state index in [1.165, 1.54) is 5.56 Å². The lowest BCUT2D eigenvalue weighted by Crippen LogP contribution is -2.10. The summed E-state index contributed by atoms with van der Waals surface area (Å²) < 4.78 is 7.32. The summed E-state index contributed by atoms with van der Waals surface area (Å²) in [5.41, 5.74) is 5.45. The smallest absolute Gasteiger partial charge is 0.263 e. The maximum atomic E-state index is 12.9. The lowest BCUT2D eigenvalue weighted by atomic mass is 10.1. The predicted octanol–water partition coefficient (Wildman–Crippen LogP) is 4.18. The molecule has 0 fully saturated rings. The average molecular weight is 345 g/mol. The molecule has 0 aliphatic heterocycles. The van der Waals surface area contributed by atoms with E-state index in [0.717, 1.165) is 22.2 Å². The van der Waals surface area contributed by atoms with Crippen LogP contribution in [0.4, 0.5) is 0 Å². The van der Waals surface area contributed by atoms with Crippen LogP contribution in [-0.4, -0.2) is 14.7 Å². The molecule has 2 aromatic carbocycles. The van der Waals surface area contributed by atoms with Crippen molar-refractivity contribution < 1.29 is 4.52 Å². The van der Waals surface area contributed by atoms with Crippen LogP contribution < -0.4 is 5.43 Å². The molecule has 4 rings (SSSR count). The number of rotatable bonds is 2. The van der Waals surface area contributed by atoms with Crippen molar-refractivity contribution in [1.29, 1.82) is 0 Å². The van der Waals surface area contributed by atoms with Crippen molar-refractivity contribution in [3.05, 3.63) is 69.5 Å². The first-order chi connectivity index (χ1) is 12.4. The van der Waals surface area contributed by atoms with E-state index in [9.17, 15) is 4.79 Å². The van der Waals surface area contributed by atoms with Gasteiger partial charge in [-0.25, -0.2) is 0 Å². The number of pyridine rings is 1. The number of aryl methyl sites for hydroxylation is 4. The standard InChI is InChI=1S/C21H19N3O2/c1-12-5-8-18-16(9-12)19(25)17(11-24(18)4)21-22-20(23-26-21)15-7-6-13(2)14(3)10-15/h5-11H,1-4H3. The molecule has 0 atom stereocenters. The Morgan fingerprint density at radius 2 is 1.81 bits per heavy atom. The first kappa shape index (κ1) is 16.3. The highest BCUT2D eigenvalue weighted by atomic mass is 16.5. The van der Waals surface area contributed by atoms with Gasteiger partial charge in [0.15, 0.2) is 0 Å². The zero-order chi connectivity index (χ0) is 18.4. The molecule has 0 amide bonds. The van der Waals surface area contributed by atoms with Gasteiger partial charge in [-0.05, 0) is 50.1 Å². The second-order valence-corrected chi connectivity index (χ2v) is 6.73. The molecule has 5 nitrogen and oxygen atoms in total. The molecule has 2 heterocycles. The molecule has 0 N–H and O–H groups in total. The molecule has 0 radical (unpaired) electrons. The summed E-state index contributed by atoms with van der Waals surface area (Å²) in [6.07, 6.45) is 1.75. The van der Waals surface area contributed by atoms with Gasteiger partial charge in [0.1, 0.15) is 5.56 Å². The maximum absolute atomic E-state index is 12.9. The number of aromatic nitrogens is 3. The van der Waals surface area contributed by atoms with Crippen molar-refractivity contribution in [1.82, 2.24) is 14.7 Å². The van der Waals surface area contributed by atoms with Gasteiger partial charge in [-0.2, -0.15) is 4.98 Å². The van der Waals surface area contributed by atoms with Gasteiger partial charge in [0.05, 0.1) is 5.52 Å². The van der Waals surface area contributed by atoms with Crippen LogP contribution in [0.3, 0.4) is 0 Å². The SMILES string of the molecule is Cc1ccc2c(c1)c(=O)c(-c1nc(-c3ccc(C)c(C)c3)no1)cn2C. The third kappa shape index (κ3) is 2.62. The van der Waals surface area contributed by atoms with Gasteiger partial charge in [0, 0.05) is 24.2 Å². The van der Waals surface area contributed by atoms with E-state index in [2.05, 4.69) is 17.1 Å². The fourth-order valence-corrected chi connectivity index (χ4v) is 3.09. The summed E-state index contributed by atoms with van der Waals surface area (Å²) in [5, 5.41) is 4.72. The van der Waals surface area contributed by atoms with Gasteiger partial charge < -0.3 is 9.09 Å². The van der Waals surface area contributed by atoms with E-state index in [1.54, 1.807) is 6.20 Å². The highest BCUT2D eigenvalue weighted by Gasteiger charge is 2.17. The molecule has 4 aromatic rings. The highest BCUT2D eigenvalue weighted by molar-refractivity contribution is 5.83. The van der Waals surface area contributed by atoms with Gasteiger partial charge >= 0.3 is 0 Å². The molecular weight excluding hydrogens is 326 g/mol. The Morgan fingerprint density at radius 1 is 1.00 bits per heavy atom. The number of nitrogens with zero attached hydrogens (tertiary/aromatic N) is 3. The highest BCUT2D eigenvalue weighted by Crippen LogP contribution is 2.24. The second kappa shape index (κ2) is 5.95. The molecule has 0 bridgehead atoms. The van der Waals surface area contributed by atoms with Gasteiger partial charge in [-0.15, -0.1) is 0 Å². The third-order valence-corrected chi connectivity index (χ3v) is 4.77. The van der Waals surface area contributed by atoms with Crippen molar-refractivity contribution in [3.63, 3.8) is 0 Å². The molecule has 0 unspecified atom stereocenters. The largest absolute Gasteiger partial charge is 0.350 e. The lowest BCUT2D eigenvalue weighted by molar-refractivity contribution is 0.432. The summed E-state index contributed by atoms with van der Waals surface area (Å²) in [5.74, 6) is 0.719. The van der Waals surface area contributed by atoms with Crippen molar-refractivity contribution in [2.45, 2.75) is 20.8 Å². The Hall–Kier alpha value is -3.21. The quantitative estimate of drug-likeness (QED) is 0.547. The number of fused-ring (bicyclic) bond motifs is 1. The maximum Gasteiger partial charge on any atom is 0.263 e. The Balaban J connectivity index is 1.86. The zero-order valence-electron chi connectivity index (χ0n) is 15.2. The molecule has 130 valence electrons. The Bertz CT molecular complexity index is 1200. The van der Waals surface area contributed by atoms with Crippen molar-refractivity contribution in [2.75, 3.05) is 0 Å². The minimum atomic E-state index is -0.0999. The molecule has 26 heavy (non-hydrogen) atoms. The van der Waals surface area contributed by atoms with Gasteiger partial charge in [0.25, 0.3) is 5.89 Å². The van der Waals surface area contributed by atoms with Gasteiger partial charge in [0.2, 0.25) is 11.3 Å². The average Bonchev–Trinajstić information content (AvgIpc) is 3.10. The van der Waals surface area contributed by atoms with Crippen LogP contribution in [0.2, 0.25) is 0 Å². The van der Waals surface area contributed by atoms with Gasteiger partial charge in [-0.1, -0.05) is 28.9 Å². The Morgan fingerprint density at radius 3 is 2.58 bits per heavy atom. The first-order valence-corrected chi connectivity index (χ1v) is 8.46. The normalized spacial score (nSPS) is 11.2. The van der Waals surface area contributed by atoms with Crippen LogP contribution >= 0.6 is 0 Å². The van der Waals surface area contributed by atoms with Crippen molar-refractivity contribution in [2.24, 2.45) is 7.05 Å². The number of benzene rings is 2. The molecular formula is C21H19N3O2. The summed E-state index contributed by atoms with van der Waals surface area (Å²) in [7, 11) is 1.90. The summed E-state index contributed by atoms with van der Waals surface area (Å²) in [6, 6.07) is 11.8. The van der Waals surface area contributed by atoms with Crippen LogP contribution in [0.15, 0.2) is 51.9 Å². The van der Waals surface area contributed by atoms with Crippen molar-refractivity contribution in [3.8, 4) is 22.8 Å². The molecule has 0 aliphatic rings.